The van der Waals surface area contributed by atoms with Gasteiger partial charge in [-0.25, -0.2) is 0 Å². The molecule has 2 nitrogen and oxygen atoms in total. The van der Waals surface area contributed by atoms with Crippen LogP contribution < -0.4 is 5.32 Å². The fourth-order valence-corrected chi connectivity index (χ4v) is 1.52. The highest BCUT2D eigenvalue weighted by Gasteiger charge is 2.14. The zero-order valence-corrected chi connectivity index (χ0v) is 10.4. The van der Waals surface area contributed by atoms with Crippen LogP contribution in [0, 0.1) is 0 Å². The maximum Gasteiger partial charge on any atom is 0.0591 e. The van der Waals surface area contributed by atoms with Gasteiger partial charge in [0.1, 0.15) is 0 Å². The Hall–Kier alpha value is -0.0800. The van der Waals surface area contributed by atoms with Gasteiger partial charge in [0, 0.05) is 18.7 Å². The highest BCUT2D eigenvalue weighted by atomic mass is 16.5. The Morgan fingerprint density at radius 1 is 1.07 bits per heavy atom. The average Bonchev–Trinajstić information content (AvgIpc) is 2.11. The molecule has 0 fully saturated rings. The van der Waals surface area contributed by atoms with Gasteiger partial charge in [0.25, 0.3) is 0 Å². The van der Waals surface area contributed by atoms with Crippen molar-refractivity contribution in [2.45, 2.75) is 58.9 Å². The third kappa shape index (κ3) is 8.52. The van der Waals surface area contributed by atoms with Crippen molar-refractivity contribution in [1.82, 2.24) is 5.32 Å². The summed E-state index contributed by atoms with van der Waals surface area (Å²) in [5.74, 6) is 0. The molecule has 0 radical (unpaired) electrons. The Bertz CT molecular complexity index is 123. The normalized spacial score (nSPS) is 12.0. The molecule has 0 aromatic carbocycles. The molecule has 0 aromatic rings. The molecule has 0 aromatic heterocycles. The first-order valence-electron chi connectivity index (χ1n) is 5.95. The summed E-state index contributed by atoms with van der Waals surface area (Å²) in [5.41, 5.74) is 0.267. The van der Waals surface area contributed by atoms with E-state index in [1.807, 2.05) is 0 Å². The molecule has 0 atom stereocenters. The van der Waals surface area contributed by atoms with Crippen LogP contribution in [-0.4, -0.2) is 25.3 Å². The van der Waals surface area contributed by atoms with Gasteiger partial charge in [0.15, 0.2) is 0 Å². The van der Waals surface area contributed by atoms with Crippen molar-refractivity contribution in [3.63, 3.8) is 0 Å². The smallest absolute Gasteiger partial charge is 0.0591 e. The van der Waals surface area contributed by atoms with Crippen LogP contribution in [0.5, 0.6) is 0 Å². The van der Waals surface area contributed by atoms with Gasteiger partial charge in [0.05, 0.1) is 6.61 Å². The summed E-state index contributed by atoms with van der Waals surface area (Å²) < 4.78 is 5.49. The predicted octanol–water partition coefficient (Wildman–Crippen LogP) is 2.97. The molecule has 2 heteroatoms. The molecule has 86 valence electrons. The van der Waals surface area contributed by atoms with Gasteiger partial charge >= 0.3 is 0 Å². The van der Waals surface area contributed by atoms with E-state index in [9.17, 15) is 0 Å². The highest BCUT2D eigenvalue weighted by molar-refractivity contribution is 4.75. The highest BCUT2D eigenvalue weighted by Crippen LogP contribution is 2.09. The number of hydrogen-bond acceptors (Lipinski definition) is 2. The minimum Gasteiger partial charge on any atom is -0.380 e. The number of ether oxygens (including phenoxy) is 1. The molecule has 0 aliphatic rings. The van der Waals surface area contributed by atoms with E-state index in [1.54, 1.807) is 0 Å². The van der Waals surface area contributed by atoms with Gasteiger partial charge in [-0.05, 0) is 26.7 Å². The number of unbranched alkanes of at least 4 members (excludes halogenated alkanes) is 1. The van der Waals surface area contributed by atoms with Crippen molar-refractivity contribution in [2.24, 2.45) is 0 Å². The van der Waals surface area contributed by atoms with Gasteiger partial charge < -0.3 is 10.1 Å². The third-order valence-corrected chi connectivity index (χ3v) is 2.37. The summed E-state index contributed by atoms with van der Waals surface area (Å²) in [6, 6.07) is 0. The monoisotopic (exact) mass is 201 g/mol. The van der Waals surface area contributed by atoms with E-state index >= 15 is 0 Å². The van der Waals surface area contributed by atoms with Crippen molar-refractivity contribution < 1.29 is 4.74 Å². The Balaban J connectivity index is 3.26. The Kier molecular flexibility index (Phi) is 8.20. The lowest BCUT2D eigenvalue weighted by atomic mass is 9.99. The largest absolute Gasteiger partial charge is 0.380 e. The topological polar surface area (TPSA) is 21.3 Å². The van der Waals surface area contributed by atoms with Crippen LogP contribution in [0.1, 0.15) is 53.4 Å². The minimum atomic E-state index is 0.267. The molecule has 0 spiro atoms. The second-order valence-corrected chi connectivity index (χ2v) is 4.53. The van der Waals surface area contributed by atoms with E-state index in [2.05, 4.69) is 33.0 Å². The molecule has 1 N–H and O–H groups in total. The average molecular weight is 201 g/mol. The summed E-state index contributed by atoms with van der Waals surface area (Å²) in [6.45, 7) is 11.6. The quantitative estimate of drug-likeness (QED) is 0.579. The SMILES string of the molecule is CCCCOCCNC(C)(C)CCC. The van der Waals surface area contributed by atoms with Crippen LogP contribution in [0.15, 0.2) is 0 Å². The van der Waals surface area contributed by atoms with Gasteiger partial charge in [-0.1, -0.05) is 26.7 Å². The van der Waals surface area contributed by atoms with Crippen LogP contribution in [0.25, 0.3) is 0 Å². The van der Waals surface area contributed by atoms with Crippen LogP contribution in [0.2, 0.25) is 0 Å². The summed E-state index contributed by atoms with van der Waals surface area (Å²) in [6.07, 6.45) is 4.85. The van der Waals surface area contributed by atoms with Crippen LogP contribution in [0.3, 0.4) is 0 Å². The van der Waals surface area contributed by atoms with E-state index in [1.165, 1.54) is 25.7 Å². The van der Waals surface area contributed by atoms with Gasteiger partial charge in [-0.3, -0.25) is 0 Å². The lowest BCUT2D eigenvalue weighted by Gasteiger charge is -2.25. The zero-order valence-electron chi connectivity index (χ0n) is 10.4. The minimum absolute atomic E-state index is 0.267. The molecule has 0 aliphatic carbocycles. The van der Waals surface area contributed by atoms with Crippen molar-refractivity contribution in [3.8, 4) is 0 Å². The Labute approximate surface area is 89.4 Å². The van der Waals surface area contributed by atoms with E-state index in [4.69, 9.17) is 4.74 Å². The van der Waals surface area contributed by atoms with E-state index in [-0.39, 0.29) is 5.54 Å². The van der Waals surface area contributed by atoms with Crippen molar-refractivity contribution >= 4 is 0 Å². The first kappa shape index (κ1) is 13.9. The maximum atomic E-state index is 5.49. The van der Waals surface area contributed by atoms with Gasteiger partial charge in [0.2, 0.25) is 0 Å². The van der Waals surface area contributed by atoms with E-state index < -0.39 is 0 Å². The fraction of sp³-hybridized carbons (Fsp3) is 1.00. The first-order chi connectivity index (χ1) is 6.62. The lowest BCUT2D eigenvalue weighted by molar-refractivity contribution is 0.126. The summed E-state index contributed by atoms with van der Waals surface area (Å²) >= 11 is 0. The molecule has 0 bridgehead atoms. The number of rotatable bonds is 9. The summed E-state index contributed by atoms with van der Waals surface area (Å²) in [5, 5.41) is 3.51. The Morgan fingerprint density at radius 2 is 1.79 bits per heavy atom. The maximum absolute atomic E-state index is 5.49. The summed E-state index contributed by atoms with van der Waals surface area (Å²) in [7, 11) is 0. The molecule has 0 aliphatic heterocycles. The van der Waals surface area contributed by atoms with Crippen molar-refractivity contribution in [2.75, 3.05) is 19.8 Å². The molecule has 0 heterocycles. The third-order valence-electron chi connectivity index (χ3n) is 2.37. The second-order valence-electron chi connectivity index (χ2n) is 4.53. The van der Waals surface area contributed by atoms with E-state index in [0.29, 0.717) is 0 Å². The van der Waals surface area contributed by atoms with Gasteiger partial charge in [-0.15, -0.1) is 0 Å². The fourth-order valence-electron chi connectivity index (χ4n) is 1.52. The molecular formula is C12H27NO. The molecule has 0 saturated heterocycles. The molecule has 14 heavy (non-hydrogen) atoms. The number of hydrogen-bond donors (Lipinski definition) is 1. The second kappa shape index (κ2) is 8.25. The first-order valence-corrected chi connectivity index (χ1v) is 5.95. The molecule has 0 rings (SSSR count). The zero-order chi connectivity index (χ0) is 10.9. The standard InChI is InChI=1S/C12H27NO/c1-5-7-10-14-11-9-13-12(3,4)8-6-2/h13H,5-11H2,1-4H3. The molecular weight excluding hydrogens is 174 g/mol. The van der Waals surface area contributed by atoms with Gasteiger partial charge in [-0.2, -0.15) is 0 Å². The Morgan fingerprint density at radius 3 is 2.36 bits per heavy atom. The lowest BCUT2D eigenvalue weighted by Crippen LogP contribution is -2.40. The predicted molar refractivity (Wildman–Crippen MR) is 62.7 cm³/mol. The summed E-state index contributed by atoms with van der Waals surface area (Å²) in [4.78, 5) is 0. The molecule has 0 saturated carbocycles. The van der Waals surface area contributed by atoms with Crippen LogP contribution >= 0.6 is 0 Å². The van der Waals surface area contributed by atoms with Crippen LogP contribution in [-0.2, 0) is 4.74 Å². The van der Waals surface area contributed by atoms with Crippen LogP contribution in [0.4, 0.5) is 0 Å². The molecule has 0 amide bonds. The molecule has 0 unspecified atom stereocenters. The number of nitrogens with one attached hydrogen (secondary N) is 1. The van der Waals surface area contributed by atoms with E-state index in [0.717, 1.165) is 19.8 Å². The van der Waals surface area contributed by atoms with Crippen molar-refractivity contribution in [3.05, 3.63) is 0 Å². The van der Waals surface area contributed by atoms with Crippen molar-refractivity contribution in [1.29, 1.82) is 0 Å².